The van der Waals surface area contributed by atoms with E-state index in [0.29, 0.717) is 26.4 Å². The molecule has 1 aliphatic rings. The summed E-state index contributed by atoms with van der Waals surface area (Å²) in [5, 5.41) is 21.4. The number of ether oxygens (including phenoxy) is 2. The van der Waals surface area contributed by atoms with E-state index in [-0.39, 0.29) is 12.2 Å². The molecule has 1 aromatic carbocycles. The first kappa shape index (κ1) is 24.5. The van der Waals surface area contributed by atoms with Crippen LogP contribution in [0.25, 0.3) is 6.08 Å². The number of nitrogens with one attached hydrogen (secondary N) is 1. The van der Waals surface area contributed by atoms with Crippen LogP contribution < -0.4 is 10.1 Å². The molecular weight excluding hydrogens is 512 g/mol. The Bertz CT molecular complexity index is 1160. The van der Waals surface area contributed by atoms with Crippen LogP contribution in [0.5, 0.6) is 5.75 Å². The molecule has 1 heterocycles. The third kappa shape index (κ3) is 6.00. The topological polar surface area (TPSA) is 126 Å². The van der Waals surface area contributed by atoms with Crippen molar-refractivity contribution in [1.29, 1.82) is 5.26 Å². The van der Waals surface area contributed by atoms with E-state index in [1.807, 2.05) is 6.07 Å². The van der Waals surface area contributed by atoms with Gasteiger partial charge < -0.3 is 19.9 Å². The number of amides is 1. The number of carboxylic acid groups (broad SMARTS) is 1. The van der Waals surface area contributed by atoms with Crippen LogP contribution in [-0.2, 0) is 27.2 Å². The first-order valence-electron chi connectivity index (χ1n) is 10.2. The van der Waals surface area contributed by atoms with E-state index in [1.54, 1.807) is 19.1 Å². The van der Waals surface area contributed by atoms with Gasteiger partial charge in [-0.05, 0) is 77.9 Å². The molecule has 0 fully saturated rings. The number of carbonyl (C=O) groups excluding carboxylic acids is 2. The Morgan fingerprint density at radius 2 is 2.06 bits per heavy atom. The number of esters is 1. The van der Waals surface area contributed by atoms with Gasteiger partial charge in [0, 0.05) is 4.88 Å². The summed E-state index contributed by atoms with van der Waals surface area (Å²) in [4.78, 5) is 37.2. The summed E-state index contributed by atoms with van der Waals surface area (Å²) in [6, 6.07) is 6.64. The number of rotatable bonds is 8. The number of nitriles is 1. The number of hydrogen-bond donors (Lipinski definition) is 2. The summed E-state index contributed by atoms with van der Waals surface area (Å²) in [6.07, 6.45) is 4.98. The lowest BCUT2D eigenvalue weighted by molar-refractivity contribution is -0.139. The van der Waals surface area contributed by atoms with E-state index in [9.17, 15) is 19.6 Å². The minimum absolute atomic E-state index is 0.151. The summed E-state index contributed by atoms with van der Waals surface area (Å²) >= 11 is 4.64. The molecule has 0 unspecified atom stereocenters. The van der Waals surface area contributed by atoms with Crippen molar-refractivity contribution in [3.05, 3.63) is 49.8 Å². The van der Waals surface area contributed by atoms with E-state index < -0.39 is 24.5 Å². The fourth-order valence-electron chi connectivity index (χ4n) is 3.42. The molecule has 0 atom stereocenters. The lowest BCUT2D eigenvalue weighted by Gasteiger charge is -2.12. The third-order valence-electron chi connectivity index (χ3n) is 4.86. The summed E-state index contributed by atoms with van der Waals surface area (Å²) in [5.41, 5.74) is 1.68. The molecule has 1 aliphatic carbocycles. The Balaban J connectivity index is 1.84. The van der Waals surface area contributed by atoms with Gasteiger partial charge in [0.25, 0.3) is 5.91 Å². The SMILES string of the molecule is CCOC(=O)c1c(NC(=O)/C(C#N)=C\c2ccc(OCC(=O)O)c(Br)c2)sc2c1CCCC2. The zero-order valence-corrected chi connectivity index (χ0v) is 20.2. The monoisotopic (exact) mass is 532 g/mol. The maximum Gasteiger partial charge on any atom is 0.341 e. The molecule has 10 heteroatoms. The molecule has 1 amide bonds. The highest BCUT2D eigenvalue weighted by Crippen LogP contribution is 2.39. The lowest BCUT2D eigenvalue weighted by Crippen LogP contribution is -2.16. The average molecular weight is 533 g/mol. The van der Waals surface area contributed by atoms with Gasteiger partial charge in [-0.15, -0.1) is 11.3 Å². The largest absolute Gasteiger partial charge is 0.481 e. The molecule has 0 aliphatic heterocycles. The highest BCUT2D eigenvalue weighted by atomic mass is 79.9. The number of fused-ring (bicyclic) bond motifs is 1. The van der Waals surface area contributed by atoms with E-state index in [2.05, 4.69) is 21.2 Å². The molecular formula is C23H21BrN2O6S. The minimum atomic E-state index is -1.10. The van der Waals surface area contributed by atoms with Crippen molar-refractivity contribution in [3.63, 3.8) is 0 Å². The van der Waals surface area contributed by atoms with Crippen LogP contribution in [0.2, 0.25) is 0 Å². The smallest absolute Gasteiger partial charge is 0.341 e. The van der Waals surface area contributed by atoms with Crippen molar-refractivity contribution in [2.24, 2.45) is 0 Å². The van der Waals surface area contributed by atoms with Crippen LogP contribution in [0, 0.1) is 11.3 Å². The molecule has 1 aromatic heterocycles. The second-order valence-corrected chi connectivity index (χ2v) is 9.09. The maximum absolute atomic E-state index is 12.9. The van der Waals surface area contributed by atoms with E-state index >= 15 is 0 Å². The first-order chi connectivity index (χ1) is 15.8. The maximum atomic E-state index is 12.9. The summed E-state index contributed by atoms with van der Waals surface area (Å²) in [6.45, 7) is 1.45. The summed E-state index contributed by atoms with van der Waals surface area (Å²) in [5.74, 6) is -1.90. The quantitative estimate of drug-likeness (QED) is 0.289. The number of carbonyl (C=O) groups is 3. The molecule has 33 heavy (non-hydrogen) atoms. The number of carboxylic acids is 1. The fraction of sp³-hybridized carbons (Fsp3) is 0.304. The van der Waals surface area contributed by atoms with Gasteiger partial charge in [0.15, 0.2) is 6.61 Å². The molecule has 3 rings (SSSR count). The number of benzene rings is 1. The lowest BCUT2D eigenvalue weighted by atomic mass is 9.95. The Kier molecular flexibility index (Phi) is 8.25. The highest BCUT2D eigenvalue weighted by Gasteiger charge is 2.27. The molecule has 2 aromatic rings. The number of nitrogens with zero attached hydrogens (tertiary/aromatic N) is 1. The molecule has 0 saturated carbocycles. The van der Waals surface area contributed by atoms with Crippen LogP contribution in [0.4, 0.5) is 5.00 Å². The predicted molar refractivity (Wildman–Crippen MR) is 126 cm³/mol. The second kappa shape index (κ2) is 11.1. The van der Waals surface area contributed by atoms with Crippen molar-refractivity contribution < 1.29 is 29.0 Å². The third-order valence-corrected chi connectivity index (χ3v) is 6.69. The van der Waals surface area contributed by atoms with Crippen molar-refractivity contribution >= 4 is 56.2 Å². The zero-order chi connectivity index (χ0) is 24.0. The van der Waals surface area contributed by atoms with Gasteiger partial charge in [0.1, 0.15) is 22.4 Å². The van der Waals surface area contributed by atoms with Gasteiger partial charge in [-0.25, -0.2) is 9.59 Å². The van der Waals surface area contributed by atoms with E-state index in [0.717, 1.165) is 36.1 Å². The van der Waals surface area contributed by atoms with E-state index in [1.165, 1.54) is 23.5 Å². The van der Waals surface area contributed by atoms with Gasteiger partial charge in [-0.3, -0.25) is 4.79 Å². The van der Waals surface area contributed by atoms with Crippen molar-refractivity contribution in [3.8, 4) is 11.8 Å². The van der Waals surface area contributed by atoms with Crippen LogP contribution in [0.3, 0.4) is 0 Å². The normalized spacial score (nSPS) is 12.9. The molecule has 8 nitrogen and oxygen atoms in total. The average Bonchev–Trinajstić information content (AvgIpc) is 3.14. The van der Waals surface area contributed by atoms with Crippen molar-refractivity contribution in [1.82, 2.24) is 0 Å². The number of halogens is 1. The predicted octanol–water partition coefficient (Wildman–Crippen LogP) is 4.58. The van der Waals surface area contributed by atoms with Gasteiger partial charge in [-0.2, -0.15) is 5.26 Å². The second-order valence-electron chi connectivity index (χ2n) is 7.13. The van der Waals surface area contributed by atoms with Crippen molar-refractivity contribution in [2.75, 3.05) is 18.5 Å². The van der Waals surface area contributed by atoms with Gasteiger partial charge in [0.05, 0.1) is 16.6 Å². The Hall–Kier alpha value is -3.16. The van der Waals surface area contributed by atoms with Gasteiger partial charge >= 0.3 is 11.9 Å². The summed E-state index contributed by atoms with van der Waals surface area (Å²) in [7, 11) is 0. The van der Waals surface area contributed by atoms with Gasteiger partial charge in [0.2, 0.25) is 0 Å². The highest BCUT2D eigenvalue weighted by molar-refractivity contribution is 9.10. The number of hydrogen-bond acceptors (Lipinski definition) is 7. The number of aryl methyl sites for hydroxylation is 1. The molecule has 172 valence electrons. The fourth-order valence-corrected chi connectivity index (χ4v) is 5.21. The molecule has 0 bridgehead atoms. The summed E-state index contributed by atoms with van der Waals surface area (Å²) < 4.78 is 10.8. The minimum Gasteiger partial charge on any atom is -0.481 e. The number of aliphatic carboxylic acids is 1. The number of thiophene rings is 1. The van der Waals surface area contributed by atoms with Crippen LogP contribution >= 0.6 is 27.3 Å². The zero-order valence-electron chi connectivity index (χ0n) is 17.8. The van der Waals surface area contributed by atoms with Crippen LogP contribution in [0.15, 0.2) is 28.2 Å². The Morgan fingerprint density at radius 1 is 1.30 bits per heavy atom. The standard InChI is InChI=1S/C23H21BrN2O6S/c1-2-31-23(30)20-15-5-3-4-6-18(15)33-22(20)26-21(29)14(11-25)9-13-7-8-17(16(24)10-13)32-12-19(27)28/h7-10H,2-6,12H2,1H3,(H,26,29)(H,27,28)/b14-9-. The van der Waals surface area contributed by atoms with Crippen LogP contribution in [0.1, 0.15) is 46.1 Å². The molecule has 0 radical (unpaired) electrons. The Morgan fingerprint density at radius 3 is 2.73 bits per heavy atom. The first-order valence-corrected chi connectivity index (χ1v) is 11.8. The Labute approximate surface area is 202 Å². The molecule has 0 spiro atoms. The van der Waals surface area contributed by atoms with Crippen LogP contribution in [-0.4, -0.2) is 36.2 Å². The van der Waals surface area contributed by atoms with Crippen molar-refractivity contribution in [2.45, 2.75) is 32.6 Å². The number of anilines is 1. The van der Waals surface area contributed by atoms with Gasteiger partial charge in [-0.1, -0.05) is 6.07 Å². The van der Waals surface area contributed by atoms with E-state index in [4.69, 9.17) is 14.6 Å². The molecule has 2 N–H and O–H groups in total. The molecule has 0 saturated heterocycles.